The lowest BCUT2D eigenvalue weighted by molar-refractivity contribution is -0.142. The van der Waals surface area contributed by atoms with Crippen molar-refractivity contribution in [2.45, 2.75) is 76.9 Å². The molecule has 0 bridgehead atoms. The van der Waals surface area contributed by atoms with Gasteiger partial charge in [-0.15, -0.1) is 0 Å². The van der Waals surface area contributed by atoms with Gasteiger partial charge in [-0.3, -0.25) is 4.79 Å². The number of carbonyl (C=O) groups excluding carboxylic acids is 2. The second-order valence-corrected chi connectivity index (χ2v) is 11.3. The maximum absolute atomic E-state index is 13.5. The monoisotopic (exact) mass is 540 g/mol. The van der Waals surface area contributed by atoms with Gasteiger partial charge in [0.2, 0.25) is 0 Å². The molecule has 0 saturated heterocycles. The maximum Gasteiger partial charge on any atom is 0.328 e. The highest BCUT2D eigenvalue weighted by molar-refractivity contribution is 7.98. The van der Waals surface area contributed by atoms with E-state index in [-0.39, 0.29) is 18.6 Å². The molecule has 1 saturated carbocycles. The van der Waals surface area contributed by atoms with Crippen LogP contribution in [0.2, 0.25) is 0 Å². The molecule has 0 spiro atoms. The van der Waals surface area contributed by atoms with Crippen LogP contribution in [0, 0.1) is 12.8 Å². The van der Waals surface area contributed by atoms with Gasteiger partial charge in [-0.25, -0.2) is 4.79 Å². The first-order valence-electron chi connectivity index (χ1n) is 13.9. The van der Waals surface area contributed by atoms with E-state index in [1.54, 1.807) is 11.8 Å². The first-order chi connectivity index (χ1) is 18.5. The fourth-order valence-corrected chi connectivity index (χ4v) is 5.88. The van der Waals surface area contributed by atoms with Gasteiger partial charge in [0.05, 0.1) is 7.11 Å². The van der Waals surface area contributed by atoms with Crippen molar-refractivity contribution in [2.24, 2.45) is 5.92 Å². The van der Waals surface area contributed by atoms with E-state index in [9.17, 15) is 14.7 Å². The van der Waals surface area contributed by atoms with Crippen LogP contribution >= 0.6 is 11.8 Å². The summed E-state index contributed by atoms with van der Waals surface area (Å²) >= 11 is 1.62. The second-order valence-electron chi connectivity index (χ2n) is 10.4. The van der Waals surface area contributed by atoms with Gasteiger partial charge in [-0.2, -0.15) is 11.8 Å². The fourth-order valence-electron chi connectivity index (χ4n) is 5.41. The Morgan fingerprint density at radius 1 is 1.08 bits per heavy atom. The highest BCUT2D eigenvalue weighted by Crippen LogP contribution is 2.30. The highest BCUT2D eigenvalue weighted by Gasteiger charge is 2.24. The Bertz CT molecular complexity index is 1040. The van der Waals surface area contributed by atoms with Gasteiger partial charge in [0.15, 0.2) is 0 Å². The zero-order valence-corrected chi connectivity index (χ0v) is 23.9. The van der Waals surface area contributed by atoms with E-state index < -0.39 is 12.0 Å². The Labute approximate surface area is 232 Å². The number of hydrogen-bond donors (Lipinski definition) is 3. The number of ether oxygens (including phenoxy) is 1. The number of aliphatic hydroxyl groups excluding tert-OH is 1. The standard InChI is InChI=1S/C31H44N2O4S/c1-22-9-7-8-12-26(22)28-20-24(21-32-25(15-17-34)19-23-10-5-4-6-11-23)13-14-27(28)30(35)33-29(16-18-38-3)31(36)37-2/h7-9,12-14,20,23,25,29,32,34H,4-6,10-11,15-19,21H2,1-3H3,(H,33,35). The summed E-state index contributed by atoms with van der Waals surface area (Å²) in [5.74, 6) is 0.758. The van der Waals surface area contributed by atoms with Crippen molar-refractivity contribution in [3.8, 4) is 11.1 Å². The summed E-state index contributed by atoms with van der Waals surface area (Å²) in [6.45, 7) is 2.88. The predicted molar refractivity (Wildman–Crippen MR) is 156 cm³/mol. The molecule has 3 N–H and O–H groups in total. The lowest BCUT2D eigenvalue weighted by atomic mass is 9.84. The molecule has 0 aliphatic heterocycles. The highest BCUT2D eigenvalue weighted by atomic mass is 32.2. The third-order valence-electron chi connectivity index (χ3n) is 7.58. The minimum atomic E-state index is -0.690. The number of hydrogen-bond acceptors (Lipinski definition) is 6. The number of esters is 1. The number of thioether (sulfide) groups is 1. The summed E-state index contributed by atoms with van der Waals surface area (Å²) in [6.07, 6.45) is 10.9. The van der Waals surface area contributed by atoms with Gasteiger partial charge < -0.3 is 20.5 Å². The summed E-state index contributed by atoms with van der Waals surface area (Å²) in [4.78, 5) is 25.8. The van der Waals surface area contributed by atoms with E-state index in [4.69, 9.17) is 4.74 Å². The lowest BCUT2D eigenvalue weighted by Crippen LogP contribution is -2.42. The largest absolute Gasteiger partial charge is 0.467 e. The average Bonchev–Trinajstić information content (AvgIpc) is 2.94. The van der Waals surface area contributed by atoms with Crippen molar-refractivity contribution in [3.63, 3.8) is 0 Å². The zero-order valence-electron chi connectivity index (χ0n) is 23.1. The normalized spacial score (nSPS) is 15.6. The molecule has 1 aliphatic carbocycles. The molecular formula is C31H44N2O4S. The second kappa shape index (κ2) is 15.9. The van der Waals surface area contributed by atoms with Crippen LogP contribution in [0.25, 0.3) is 11.1 Å². The fraction of sp³-hybridized carbons (Fsp3) is 0.548. The topological polar surface area (TPSA) is 87.7 Å². The molecule has 2 aromatic carbocycles. The molecule has 1 aliphatic rings. The van der Waals surface area contributed by atoms with E-state index in [2.05, 4.69) is 16.7 Å². The van der Waals surface area contributed by atoms with Gasteiger partial charge in [0.1, 0.15) is 6.04 Å². The van der Waals surface area contributed by atoms with Crippen LogP contribution in [0.15, 0.2) is 42.5 Å². The molecule has 0 radical (unpaired) electrons. The van der Waals surface area contributed by atoms with Crippen LogP contribution in [0.5, 0.6) is 0 Å². The van der Waals surface area contributed by atoms with E-state index in [0.29, 0.717) is 18.5 Å². The van der Waals surface area contributed by atoms with Gasteiger partial charge in [-0.05, 0) is 78.5 Å². The number of rotatable bonds is 14. The summed E-state index contributed by atoms with van der Waals surface area (Å²) in [7, 11) is 1.35. The Morgan fingerprint density at radius 3 is 2.53 bits per heavy atom. The van der Waals surface area contributed by atoms with Crippen LogP contribution in [-0.2, 0) is 16.1 Å². The molecule has 7 heteroatoms. The van der Waals surface area contributed by atoms with E-state index >= 15 is 0 Å². The maximum atomic E-state index is 13.5. The molecule has 38 heavy (non-hydrogen) atoms. The molecule has 2 aromatic rings. The van der Waals surface area contributed by atoms with Gasteiger partial charge in [-0.1, -0.05) is 62.4 Å². The smallest absolute Gasteiger partial charge is 0.328 e. The molecule has 3 rings (SSSR count). The average molecular weight is 541 g/mol. The summed E-state index contributed by atoms with van der Waals surface area (Å²) in [5, 5.41) is 16.2. The predicted octanol–water partition coefficient (Wildman–Crippen LogP) is 5.50. The van der Waals surface area contributed by atoms with Crippen LogP contribution in [-0.4, -0.2) is 54.8 Å². The zero-order chi connectivity index (χ0) is 27.3. The number of aliphatic hydroxyl groups is 1. The molecule has 6 nitrogen and oxygen atoms in total. The Balaban J connectivity index is 1.82. The summed E-state index contributed by atoms with van der Waals surface area (Å²) < 4.78 is 4.94. The van der Waals surface area contributed by atoms with E-state index in [1.165, 1.54) is 39.2 Å². The quantitative estimate of drug-likeness (QED) is 0.274. The van der Waals surface area contributed by atoms with Crippen molar-refractivity contribution in [3.05, 3.63) is 59.2 Å². The molecule has 208 valence electrons. The minimum absolute atomic E-state index is 0.176. The molecule has 0 heterocycles. The van der Waals surface area contributed by atoms with Crippen molar-refractivity contribution < 1.29 is 19.4 Å². The molecule has 1 fully saturated rings. The van der Waals surface area contributed by atoms with Crippen molar-refractivity contribution >= 4 is 23.6 Å². The number of nitrogens with one attached hydrogen (secondary N) is 2. The SMILES string of the molecule is COC(=O)C(CCSC)NC(=O)c1ccc(CNC(CCO)CC2CCCCC2)cc1-c1ccccc1C. The first-order valence-corrected chi connectivity index (χ1v) is 15.3. The van der Waals surface area contributed by atoms with Crippen molar-refractivity contribution in [1.29, 1.82) is 0 Å². The Hall–Kier alpha value is -2.35. The first kappa shape index (κ1) is 30.2. The van der Waals surface area contributed by atoms with Gasteiger partial charge >= 0.3 is 5.97 Å². The number of methoxy groups -OCH3 is 1. The van der Waals surface area contributed by atoms with Crippen LogP contribution in [0.1, 0.15) is 72.9 Å². The molecule has 0 aromatic heterocycles. The Morgan fingerprint density at radius 2 is 1.84 bits per heavy atom. The third kappa shape index (κ3) is 8.85. The number of benzene rings is 2. The minimum Gasteiger partial charge on any atom is -0.467 e. The van der Waals surface area contributed by atoms with Crippen molar-refractivity contribution in [2.75, 3.05) is 25.7 Å². The molecule has 2 atom stereocenters. The van der Waals surface area contributed by atoms with Gasteiger partial charge in [0, 0.05) is 24.8 Å². The number of amides is 1. The van der Waals surface area contributed by atoms with Crippen LogP contribution in [0.4, 0.5) is 0 Å². The molecule has 1 amide bonds. The third-order valence-corrected chi connectivity index (χ3v) is 8.22. The van der Waals surface area contributed by atoms with Crippen LogP contribution < -0.4 is 10.6 Å². The molecular weight excluding hydrogens is 496 g/mol. The summed E-state index contributed by atoms with van der Waals surface area (Å²) in [6, 6.07) is 13.5. The van der Waals surface area contributed by atoms with Crippen molar-refractivity contribution in [1.82, 2.24) is 10.6 Å². The van der Waals surface area contributed by atoms with E-state index in [1.807, 2.05) is 49.6 Å². The summed E-state index contributed by atoms with van der Waals surface area (Å²) in [5.41, 5.74) is 4.54. The van der Waals surface area contributed by atoms with E-state index in [0.717, 1.165) is 46.8 Å². The lowest BCUT2D eigenvalue weighted by Gasteiger charge is -2.27. The Kier molecular flexibility index (Phi) is 12.6. The number of carbonyl (C=O) groups is 2. The number of aryl methyl sites for hydroxylation is 1. The van der Waals surface area contributed by atoms with Crippen LogP contribution in [0.3, 0.4) is 0 Å². The molecule has 2 unspecified atom stereocenters. The van der Waals surface area contributed by atoms with Gasteiger partial charge in [0.25, 0.3) is 5.91 Å².